The third-order valence-corrected chi connectivity index (χ3v) is 4.96. The predicted octanol–water partition coefficient (Wildman–Crippen LogP) is 1.91. The number of pyridine rings is 1. The Bertz CT molecular complexity index is 762. The monoisotopic (exact) mass is 328 g/mol. The summed E-state index contributed by atoms with van der Waals surface area (Å²) in [6, 6.07) is 5.63. The second kappa shape index (κ2) is 6.65. The Labute approximate surface area is 141 Å². The number of amides is 1. The van der Waals surface area contributed by atoms with Crippen molar-refractivity contribution in [3.63, 3.8) is 0 Å². The standard InChI is InChI=1S/C18H24N4O2/c1-3-11-5-7-22(10-15(11)19)18-13-9-16(24-2)14(17(20)23)8-12(13)4-6-21-18/h4,6,8-9,11,15H,3,5,7,10,19H2,1-2H3,(H2,20,23)/t11-,15-/m1/s1. The number of hydrogen-bond donors (Lipinski definition) is 2. The fourth-order valence-electron chi connectivity index (χ4n) is 3.53. The minimum absolute atomic E-state index is 0.146. The summed E-state index contributed by atoms with van der Waals surface area (Å²) in [6.45, 7) is 3.90. The quantitative estimate of drug-likeness (QED) is 0.894. The smallest absolute Gasteiger partial charge is 0.252 e. The lowest BCUT2D eigenvalue weighted by Gasteiger charge is -2.37. The first-order valence-corrected chi connectivity index (χ1v) is 8.32. The highest BCUT2D eigenvalue weighted by Crippen LogP contribution is 2.33. The van der Waals surface area contributed by atoms with Crippen LogP contribution in [0.4, 0.5) is 5.82 Å². The summed E-state index contributed by atoms with van der Waals surface area (Å²) in [7, 11) is 1.53. The van der Waals surface area contributed by atoms with Gasteiger partial charge >= 0.3 is 0 Å². The Morgan fingerprint density at radius 3 is 2.88 bits per heavy atom. The Morgan fingerprint density at radius 1 is 1.46 bits per heavy atom. The molecule has 0 spiro atoms. The van der Waals surface area contributed by atoms with Crippen LogP contribution in [-0.4, -0.2) is 37.1 Å². The van der Waals surface area contributed by atoms with E-state index in [0.717, 1.165) is 42.5 Å². The number of hydrogen-bond acceptors (Lipinski definition) is 5. The van der Waals surface area contributed by atoms with E-state index >= 15 is 0 Å². The molecule has 1 aromatic carbocycles. The molecule has 1 aliphatic rings. The third-order valence-electron chi connectivity index (χ3n) is 4.96. The third kappa shape index (κ3) is 2.89. The normalized spacial score (nSPS) is 21.0. The van der Waals surface area contributed by atoms with Gasteiger partial charge in [-0.05, 0) is 35.9 Å². The van der Waals surface area contributed by atoms with Crippen LogP contribution >= 0.6 is 0 Å². The van der Waals surface area contributed by atoms with Crippen molar-refractivity contribution in [2.75, 3.05) is 25.1 Å². The minimum Gasteiger partial charge on any atom is -0.496 e. The lowest BCUT2D eigenvalue weighted by molar-refractivity contribution is 0.0997. The topological polar surface area (TPSA) is 94.5 Å². The van der Waals surface area contributed by atoms with E-state index in [1.807, 2.05) is 12.1 Å². The van der Waals surface area contributed by atoms with Crippen LogP contribution in [0.25, 0.3) is 10.8 Å². The van der Waals surface area contributed by atoms with E-state index in [9.17, 15) is 4.79 Å². The van der Waals surface area contributed by atoms with Crippen molar-refractivity contribution in [3.05, 3.63) is 30.0 Å². The van der Waals surface area contributed by atoms with Crippen LogP contribution in [0.1, 0.15) is 30.1 Å². The Balaban J connectivity index is 2.04. The molecule has 0 bridgehead atoms. The van der Waals surface area contributed by atoms with Gasteiger partial charge in [0.1, 0.15) is 11.6 Å². The molecule has 0 saturated carbocycles. The largest absolute Gasteiger partial charge is 0.496 e. The number of anilines is 1. The number of nitrogens with zero attached hydrogens (tertiary/aromatic N) is 2. The molecular formula is C18H24N4O2. The lowest BCUT2D eigenvalue weighted by Crippen LogP contribution is -2.48. The number of piperidine rings is 1. The van der Waals surface area contributed by atoms with Gasteiger partial charge in [0.15, 0.2) is 0 Å². The molecule has 1 amide bonds. The number of primary amides is 1. The summed E-state index contributed by atoms with van der Waals surface area (Å²) < 4.78 is 5.34. The van der Waals surface area contributed by atoms with Crippen molar-refractivity contribution >= 4 is 22.5 Å². The fraction of sp³-hybridized carbons (Fsp3) is 0.444. The average molecular weight is 328 g/mol. The van der Waals surface area contributed by atoms with E-state index in [0.29, 0.717) is 17.2 Å². The SMILES string of the molecule is CC[C@@H]1CCN(c2nccc3cc(C(N)=O)c(OC)cc23)C[C@H]1N. The number of nitrogens with two attached hydrogens (primary N) is 2. The number of benzene rings is 1. The number of fused-ring (bicyclic) bond motifs is 1. The molecule has 24 heavy (non-hydrogen) atoms. The Morgan fingerprint density at radius 2 is 2.25 bits per heavy atom. The van der Waals surface area contributed by atoms with Gasteiger partial charge in [0.2, 0.25) is 0 Å². The van der Waals surface area contributed by atoms with Gasteiger partial charge in [0.25, 0.3) is 5.91 Å². The van der Waals surface area contributed by atoms with Gasteiger partial charge in [0, 0.05) is 30.7 Å². The first-order valence-electron chi connectivity index (χ1n) is 8.32. The highest BCUT2D eigenvalue weighted by Gasteiger charge is 2.27. The maximum absolute atomic E-state index is 11.6. The molecule has 0 unspecified atom stereocenters. The van der Waals surface area contributed by atoms with Gasteiger partial charge in [-0.1, -0.05) is 13.3 Å². The summed E-state index contributed by atoms with van der Waals surface area (Å²) >= 11 is 0. The Kier molecular flexibility index (Phi) is 4.57. The van der Waals surface area contributed by atoms with Gasteiger partial charge in [-0.15, -0.1) is 0 Å². The summed E-state index contributed by atoms with van der Waals surface area (Å²) in [5.41, 5.74) is 12.2. The molecule has 1 aliphatic heterocycles. The molecule has 2 aromatic rings. The molecule has 3 rings (SSSR count). The number of rotatable bonds is 4. The van der Waals surface area contributed by atoms with E-state index in [-0.39, 0.29) is 6.04 Å². The van der Waals surface area contributed by atoms with Crippen LogP contribution in [0.15, 0.2) is 24.4 Å². The van der Waals surface area contributed by atoms with Crippen molar-refractivity contribution < 1.29 is 9.53 Å². The van der Waals surface area contributed by atoms with Crippen molar-refractivity contribution in [3.8, 4) is 5.75 Å². The molecular weight excluding hydrogens is 304 g/mol. The summed E-state index contributed by atoms with van der Waals surface area (Å²) in [5, 5.41) is 1.86. The molecule has 0 radical (unpaired) electrons. The molecule has 0 aliphatic carbocycles. The highest BCUT2D eigenvalue weighted by atomic mass is 16.5. The van der Waals surface area contributed by atoms with E-state index in [1.54, 1.807) is 12.3 Å². The second-order valence-corrected chi connectivity index (χ2v) is 6.34. The summed E-state index contributed by atoms with van der Waals surface area (Å²) in [5.74, 6) is 1.41. The van der Waals surface area contributed by atoms with Gasteiger partial charge in [-0.3, -0.25) is 4.79 Å². The molecule has 6 heteroatoms. The zero-order chi connectivity index (χ0) is 17.3. The molecule has 4 N–H and O–H groups in total. The van der Waals surface area contributed by atoms with E-state index in [1.165, 1.54) is 7.11 Å². The van der Waals surface area contributed by atoms with Crippen molar-refractivity contribution in [1.82, 2.24) is 4.98 Å². The number of carbonyl (C=O) groups excluding carboxylic acids is 1. The van der Waals surface area contributed by atoms with Crippen LogP contribution in [0.3, 0.4) is 0 Å². The van der Waals surface area contributed by atoms with Crippen LogP contribution in [0, 0.1) is 5.92 Å². The van der Waals surface area contributed by atoms with Crippen molar-refractivity contribution in [2.45, 2.75) is 25.8 Å². The first-order chi connectivity index (χ1) is 11.5. The van der Waals surface area contributed by atoms with E-state index < -0.39 is 5.91 Å². The molecule has 1 fully saturated rings. The van der Waals surface area contributed by atoms with Gasteiger partial charge in [-0.25, -0.2) is 4.98 Å². The molecule has 1 aromatic heterocycles. The molecule has 128 valence electrons. The zero-order valence-electron chi connectivity index (χ0n) is 14.2. The maximum Gasteiger partial charge on any atom is 0.252 e. The average Bonchev–Trinajstić information content (AvgIpc) is 2.59. The lowest BCUT2D eigenvalue weighted by atomic mass is 9.90. The zero-order valence-corrected chi connectivity index (χ0v) is 14.2. The van der Waals surface area contributed by atoms with Gasteiger partial charge in [0.05, 0.1) is 12.7 Å². The minimum atomic E-state index is -0.502. The van der Waals surface area contributed by atoms with Gasteiger partial charge in [-0.2, -0.15) is 0 Å². The molecule has 2 heterocycles. The van der Waals surface area contributed by atoms with E-state index in [4.69, 9.17) is 16.2 Å². The van der Waals surface area contributed by atoms with Crippen LogP contribution in [-0.2, 0) is 0 Å². The maximum atomic E-state index is 11.6. The number of aromatic nitrogens is 1. The van der Waals surface area contributed by atoms with Gasteiger partial charge < -0.3 is 21.1 Å². The summed E-state index contributed by atoms with van der Waals surface area (Å²) in [6.07, 6.45) is 3.92. The number of ether oxygens (including phenoxy) is 1. The van der Waals surface area contributed by atoms with Crippen LogP contribution in [0.2, 0.25) is 0 Å². The van der Waals surface area contributed by atoms with Crippen LogP contribution in [0.5, 0.6) is 5.75 Å². The van der Waals surface area contributed by atoms with Crippen molar-refractivity contribution in [1.29, 1.82) is 0 Å². The van der Waals surface area contributed by atoms with Crippen molar-refractivity contribution in [2.24, 2.45) is 17.4 Å². The second-order valence-electron chi connectivity index (χ2n) is 6.34. The molecule has 2 atom stereocenters. The number of methoxy groups -OCH3 is 1. The van der Waals surface area contributed by atoms with Crippen LogP contribution < -0.4 is 21.1 Å². The number of carbonyl (C=O) groups is 1. The highest BCUT2D eigenvalue weighted by molar-refractivity contribution is 6.03. The predicted molar refractivity (Wildman–Crippen MR) is 95.4 cm³/mol. The Hall–Kier alpha value is -2.34. The first kappa shape index (κ1) is 16.5. The summed E-state index contributed by atoms with van der Waals surface area (Å²) in [4.78, 5) is 18.4. The molecule has 6 nitrogen and oxygen atoms in total. The molecule has 1 saturated heterocycles. The van der Waals surface area contributed by atoms with E-state index in [2.05, 4.69) is 16.8 Å². The fourth-order valence-corrected chi connectivity index (χ4v) is 3.53.